The van der Waals surface area contributed by atoms with E-state index in [2.05, 4.69) is 35.2 Å². The van der Waals surface area contributed by atoms with Gasteiger partial charge in [0.1, 0.15) is 5.75 Å². The van der Waals surface area contributed by atoms with E-state index in [1.165, 1.54) is 16.5 Å². The number of carbonyl (C=O) groups excluding carboxylic acids is 1. The predicted octanol–water partition coefficient (Wildman–Crippen LogP) is 4.57. The number of amides is 2. The van der Waals surface area contributed by atoms with Gasteiger partial charge >= 0.3 is 16.1 Å². The van der Waals surface area contributed by atoms with Crippen LogP contribution in [-0.4, -0.2) is 38.7 Å². The van der Waals surface area contributed by atoms with E-state index in [9.17, 15) is 18.5 Å². The second-order valence-corrected chi connectivity index (χ2v) is 10.9. The van der Waals surface area contributed by atoms with Crippen molar-refractivity contribution in [1.82, 2.24) is 4.90 Å². The SMILES string of the molecule is CS(=O)(=O)Oc1ccc(N(C(N)=O)c2cccc(C#N)c2)c(CN2CCC(Cc3ccccc3)CC2)c1. The molecule has 9 heteroatoms. The fourth-order valence-electron chi connectivity index (χ4n) is 4.77. The molecular weight excluding hydrogens is 488 g/mol. The average molecular weight is 519 g/mol. The number of anilines is 2. The Bertz CT molecular complexity index is 1400. The number of nitrogens with two attached hydrogens (primary N) is 1. The van der Waals surface area contributed by atoms with Crippen molar-refractivity contribution in [2.45, 2.75) is 25.8 Å². The Kier molecular flexibility index (Phi) is 8.11. The van der Waals surface area contributed by atoms with Crippen LogP contribution in [0.2, 0.25) is 0 Å². The molecule has 2 N–H and O–H groups in total. The third-order valence-corrected chi connectivity index (χ3v) is 6.96. The molecule has 3 aromatic carbocycles. The fourth-order valence-corrected chi connectivity index (χ4v) is 5.22. The lowest BCUT2D eigenvalue weighted by Gasteiger charge is -2.33. The van der Waals surface area contributed by atoms with E-state index in [4.69, 9.17) is 9.92 Å². The van der Waals surface area contributed by atoms with Crippen molar-refractivity contribution < 1.29 is 17.4 Å². The Morgan fingerprint density at radius 2 is 1.81 bits per heavy atom. The highest BCUT2D eigenvalue weighted by Crippen LogP contribution is 2.34. The highest BCUT2D eigenvalue weighted by atomic mass is 32.2. The van der Waals surface area contributed by atoms with Crippen LogP contribution in [0.25, 0.3) is 0 Å². The fraction of sp³-hybridized carbons (Fsp3) is 0.286. The molecule has 0 bridgehead atoms. The molecule has 0 spiro atoms. The highest BCUT2D eigenvalue weighted by Gasteiger charge is 2.24. The molecule has 192 valence electrons. The molecule has 1 saturated heterocycles. The van der Waals surface area contributed by atoms with Gasteiger partial charge in [-0.15, -0.1) is 0 Å². The first kappa shape index (κ1) is 26.2. The molecule has 0 atom stereocenters. The Morgan fingerprint density at radius 3 is 2.46 bits per heavy atom. The average Bonchev–Trinajstić information content (AvgIpc) is 2.86. The van der Waals surface area contributed by atoms with Gasteiger partial charge in [0.25, 0.3) is 0 Å². The summed E-state index contributed by atoms with van der Waals surface area (Å²) in [6.45, 7) is 2.22. The summed E-state index contributed by atoms with van der Waals surface area (Å²) in [4.78, 5) is 16.2. The number of piperidine rings is 1. The third-order valence-electron chi connectivity index (χ3n) is 6.46. The number of likely N-dealkylation sites (tertiary alicyclic amines) is 1. The molecule has 2 amide bonds. The van der Waals surface area contributed by atoms with E-state index in [1.807, 2.05) is 6.07 Å². The first-order valence-corrected chi connectivity index (χ1v) is 13.9. The molecular formula is C28H30N4O4S. The van der Waals surface area contributed by atoms with E-state index >= 15 is 0 Å². The van der Waals surface area contributed by atoms with Crippen LogP contribution in [0.1, 0.15) is 29.5 Å². The minimum Gasteiger partial charge on any atom is -0.383 e. The van der Waals surface area contributed by atoms with Crippen LogP contribution in [0, 0.1) is 17.2 Å². The number of nitriles is 1. The standard InChI is InChI=1S/C28H30N4O4S/c1-37(34,35)36-26-10-11-27(32(28(30)33)25-9-5-8-23(17-25)19-29)24(18-26)20-31-14-12-22(13-15-31)16-21-6-3-2-4-7-21/h2-11,17-18,22H,12-16,20H2,1H3,(H2,30,33). The molecule has 1 aliphatic rings. The van der Waals surface area contributed by atoms with Crippen molar-refractivity contribution >= 4 is 27.5 Å². The van der Waals surface area contributed by atoms with Gasteiger partial charge < -0.3 is 9.92 Å². The summed E-state index contributed by atoms with van der Waals surface area (Å²) >= 11 is 0. The van der Waals surface area contributed by atoms with E-state index in [0.717, 1.165) is 38.6 Å². The molecule has 0 aliphatic carbocycles. The highest BCUT2D eigenvalue weighted by molar-refractivity contribution is 7.86. The molecule has 0 radical (unpaired) electrons. The van der Waals surface area contributed by atoms with Crippen molar-refractivity contribution in [3.05, 3.63) is 89.5 Å². The topological polar surface area (TPSA) is 117 Å². The van der Waals surface area contributed by atoms with Gasteiger partial charge in [-0.05, 0) is 85.8 Å². The molecule has 4 rings (SSSR count). The van der Waals surface area contributed by atoms with Crippen molar-refractivity contribution in [1.29, 1.82) is 5.26 Å². The quantitative estimate of drug-likeness (QED) is 0.437. The minimum atomic E-state index is -3.73. The zero-order chi connectivity index (χ0) is 26.4. The number of rotatable bonds is 8. The second kappa shape index (κ2) is 11.5. The third kappa shape index (κ3) is 7.09. The minimum absolute atomic E-state index is 0.162. The van der Waals surface area contributed by atoms with Gasteiger partial charge in [-0.2, -0.15) is 13.7 Å². The molecule has 0 aromatic heterocycles. The van der Waals surface area contributed by atoms with Crippen LogP contribution in [0.3, 0.4) is 0 Å². The Morgan fingerprint density at radius 1 is 1.08 bits per heavy atom. The lowest BCUT2D eigenvalue weighted by atomic mass is 9.90. The number of hydrogen-bond acceptors (Lipinski definition) is 6. The lowest BCUT2D eigenvalue weighted by Crippen LogP contribution is -2.36. The first-order chi connectivity index (χ1) is 17.7. The number of primary amides is 1. The van der Waals surface area contributed by atoms with E-state index < -0.39 is 16.1 Å². The summed E-state index contributed by atoms with van der Waals surface area (Å²) in [6, 6.07) is 23.2. The van der Waals surface area contributed by atoms with Crippen molar-refractivity contribution in [2.24, 2.45) is 11.7 Å². The summed E-state index contributed by atoms with van der Waals surface area (Å²) in [6.07, 6.45) is 4.10. The van der Waals surface area contributed by atoms with Crippen LogP contribution in [0.4, 0.5) is 16.2 Å². The summed E-state index contributed by atoms with van der Waals surface area (Å²) in [5.74, 6) is 0.754. The van der Waals surface area contributed by atoms with Crippen LogP contribution < -0.4 is 14.8 Å². The number of hydrogen-bond donors (Lipinski definition) is 1. The molecule has 37 heavy (non-hydrogen) atoms. The largest absolute Gasteiger partial charge is 0.383 e. The second-order valence-electron chi connectivity index (χ2n) is 9.32. The van der Waals surface area contributed by atoms with Crippen molar-refractivity contribution in [3.8, 4) is 11.8 Å². The molecule has 1 heterocycles. The summed E-state index contributed by atoms with van der Waals surface area (Å²) in [7, 11) is -3.73. The monoisotopic (exact) mass is 518 g/mol. The predicted molar refractivity (Wildman–Crippen MR) is 143 cm³/mol. The van der Waals surface area contributed by atoms with E-state index in [-0.39, 0.29) is 5.75 Å². The van der Waals surface area contributed by atoms with Crippen molar-refractivity contribution in [3.63, 3.8) is 0 Å². The number of carbonyl (C=O) groups is 1. The molecule has 0 unspecified atom stereocenters. The van der Waals surface area contributed by atoms with Crippen LogP contribution in [-0.2, 0) is 23.1 Å². The normalized spacial score (nSPS) is 14.6. The van der Waals surface area contributed by atoms with E-state index in [1.54, 1.807) is 36.4 Å². The van der Waals surface area contributed by atoms with Crippen molar-refractivity contribution in [2.75, 3.05) is 24.2 Å². The summed E-state index contributed by atoms with van der Waals surface area (Å²) in [5, 5.41) is 9.32. The van der Waals surface area contributed by atoms with E-state index in [0.29, 0.717) is 35.0 Å². The summed E-state index contributed by atoms with van der Waals surface area (Å²) < 4.78 is 28.6. The van der Waals surface area contributed by atoms with Gasteiger partial charge in [0.05, 0.1) is 29.3 Å². The number of urea groups is 1. The van der Waals surface area contributed by atoms with Gasteiger partial charge in [-0.25, -0.2) is 4.79 Å². The molecule has 8 nitrogen and oxygen atoms in total. The molecule has 0 saturated carbocycles. The Balaban J connectivity index is 1.59. The zero-order valence-corrected chi connectivity index (χ0v) is 21.5. The van der Waals surface area contributed by atoms with Gasteiger partial charge in [-0.1, -0.05) is 36.4 Å². The summed E-state index contributed by atoms with van der Waals surface area (Å²) in [5.41, 5.74) is 9.18. The maximum absolute atomic E-state index is 12.6. The maximum atomic E-state index is 12.6. The maximum Gasteiger partial charge on any atom is 0.323 e. The van der Waals surface area contributed by atoms with Crippen LogP contribution in [0.15, 0.2) is 72.8 Å². The molecule has 3 aromatic rings. The number of nitrogens with zero attached hydrogens (tertiary/aromatic N) is 3. The lowest BCUT2D eigenvalue weighted by molar-refractivity contribution is 0.177. The Hall–Kier alpha value is -3.87. The zero-order valence-electron chi connectivity index (χ0n) is 20.7. The number of benzene rings is 3. The molecule has 1 aliphatic heterocycles. The van der Waals surface area contributed by atoms with Gasteiger partial charge in [-0.3, -0.25) is 9.80 Å². The van der Waals surface area contributed by atoms with Gasteiger partial charge in [0, 0.05) is 6.54 Å². The van der Waals surface area contributed by atoms with Gasteiger partial charge in [0.15, 0.2) is 0 Å². The van der Waals surface area contributed by atoms with Crippen LogP contribution >= 0.6 is 0 Å². The Labute approximate surface area is 218 Å². The first-order valence-electron chi connectivity index (χ1n) is 12.1. The van der Waals surface area contributed by atoms with Gasteiger partial charge in [0.2, 0.25) is 0 Å². The smallest absolute Gasteiger partial charge is 0.323 e. The molecule has 1 fully saturated rings. The van der Waals surface area contributed by atoms with Crippen LogP contribution in [0.5, 0.6) is 5.75 Å².